The summed E-state index contributed by atoms with van der Waals surface area (Å²) >= 11 is 0. The molecule has 0 radical (unpaired) electrons. The molecule has 1 fully saturated rings. The van der Waals surface area contributed by atoms with Crippen LogP contribution in [0.25, 0.3) is 0 Å². The molecule has 0 bridgehead atoms. The van der Waals surface area contributed by atoms with Gasteiger partial charge in [0, 0.05) is 6.04 Å². The van der Waals surface area contributed by atoms with Crippen LogP contribution in [0.3, 0.4) is 0 Å². The number of nitrogens with one attached hydrogen (secondary N) is 1. The highest BCUT2D eigenvalue weighted by atomic mass is 15.2. The van der Waals surface area contributed by atoms with Crippen molar-refractivity contribution in [2.45, 2.75) is 52.5 Å². The standard InChI is InChI=1S/C16H35N3/c1-5-19-12-8-16(9-13-19)18(4)11-7-6-10-17-14-15(2)3/h15-17H,5-14H2,1-4H3. The molecule has 0 unspecified atom stereocenters. The zero-order valence-corrected chi connectivity index (χ0v) is 13.6. The van der Waals surface area contributed by atoms with E-state index < -0.39 is 0 Å². The van der Waals surface area contributed by atoms with E-state index in [0.29, 0.717) is 0 Å². The van der Waals surface area contributed by atoms with Crippen molar-refractivity contribution in [3.8, 4) is 0 Å². The van der Waals surface area contributed by atoms with Gasteiger partial charge in [-0.1, -0.05) is 20.8 Å². The fraction of sp³-hybridized carbons (Fsp3) is 1.00. The summed E-state index contributed by atoms with van der Waals surface area (Å²) < 4.78 is 0. The van der Waals surface area contributed by atoms with E-state index in [9.17, 15) is 0 Å². The second-order valence-electron chi connectivity index (χ2n) is 6.45. The Labute approximate surface area is 120 Å². The summed E-state index contributed by atoms with van der Waals surface area (Å²) in [5.74, 6) is 0.770. The van der Waals surface area contributed by atoms with Crippen molar-refractivity contribution in [2.24, 2.45) is 5.92 Å². The highest BCUT2D eigenvalue weighted by Crippen LogP contribution is 2.15. The summed E-state index contributed by atoms with van der Waals surface area (Å²) in [6.07, 6.45) is 5.35. The van der Waals surface area contributed by atoms with Gasteiger partial charge in [-0.2, -0.15) is 0 Å². The maximum absolute atomic E-state index is 3.53. The van der Waals surface area contributed by atoms with Crippen LogP contribution >= 0.6 is 0 Å². The van der Waals surface area contributed by atoms with Gasteiger partial charge in [0.15, 0.2) is 0 Å². The minimum Gasteiger partial charge on any atom is -0.316 e. The van der Waals surface area contributed by atoms with Gasteiger partial charge in [-0.25, -0.2) is 0 Å². The fourth-order valence-corrected chi connectivity index (χ4v) is 2.86. The van der Waals surface area contributed by atoms with Gasteiger partial charge in [0.1, 0.15) is 0 Å². The molecule has 0 aliphatic carbocycles. The van der Waals surface area contributed by atoms with Crippen LogP contribution in [0.2, 0.25) is 0 Å². The average Bonchev–Trinajstić information content (AvgIpc) is 2.42. The monoisotopic (exact) mass is 269 g/mol. The fourth-order valence-electron chi connectivity index (χ4n) is 2.86. The highest BCUT2D eigenvalue weighted by Gasteiger charge is 2.20. The van der Waals surface area contributed by atoms with Crippen LogP contribution in [0, 0.1) is 5.92 Å². The smallest absolute Gasteiger partial charge is 0.0117 e. The Hall–Kier alpha value is -0.120. The first kappa shape index (κ1) is 16.9. The summed E-state index contributed by atoms with van der Waals surface area (Å²) in [4.78, 5) is 5.16. The van der Waals surface area contributed by atoms with Crippen LogP contribution in [-0.2, 0) is 0 Å². The maximum atomic E-state index is 3.53. The van der Waals surface area contributed by atoms with Crippen molar-refractivity contribution >= 4 is 0 Å². The van der Waals surface area contributed by atoms with E-state index in [4.69, 9.17) is 0 Å². The van der Waals surface area contributed by atoms with E-state index in [0.717, 1.165) is 18.5 Å². The maximum Gasteiger partial charge on any atom is 0.0117 e. The van der Waals surface area contributed by atoms with Crippen LogP contribution in [0.1, 0.15) is 46.5 Å². The molecule has 0 saturated carbocycles. The molecule has 0 aromatic carbocycles. The number of piperidine rings is 1. The molecule has 0 atom stereocenters. The molecule has 1 aliphatic heterocycles. The van der Waals surface area contributed by atoms with Gasteiger partial charge in [-0.15, -0.1) is 0 Å². The minimum atomic E-state index is 0.770. The van der Waals surface area contributed by atoms with Gasteiger partial charge in [0.05, 0.1) is 0 Å². The molecule has 0 amide bonds. The van der Waals surface area contributed by atoms with Gasteiger partial charge in [-0.05, 0) is 77.9 Å². The lowest BCUT2D eigenvalue weighted by Crippen LogP contribution is -2.43. The van der Waals surface area contributed by atoms with E-state index in [2.05, 4.69) is 42.9 Å². The summed E-state index contributed by atoms with van der Waals surface area (Å²) in [7, 11) is 2.31. The first-order valence-electron chi connectivity index (χ1n) is 8.26. The predicted molar refractivity (Wildman–Crippen MR) is 84.7 cm³/mol. The van der Waals surface area contributed by atoms with E-state index in [1.165, 1.54) is 58.4 Å². The molecule has 114 valence electrons. The minimum absolute atomic E-state index is 0.770. The molecular formula is C16H35N3. The number of hydrogen-bond donors (Lipinski definition) is 1. The first-order valence-corrected chi connectivity index (χ1v) is 8.26. The van der Waals surface area contributed by atoms with E-state index in [1.807, 2.05) is 0 Å². The lowest BCUT2D eigenvalue weighted by molar-refractivity contribution is 0.130. The predicted octanol–water partition coefficient (Wildman–Crippen LogP) is 2.43. The third-order valence-corrected chi connectivity index (χ3v) is 4.29. The number of nitrogens with zero attached hydrogens (tertiary/aromatic N) is 2. The van der Waals surface area contributed by atoms with Crippen LogP contribution in [0.15, 0.2) is 0 Å². The van der Waals surface area contributed by atoms with Crippen molar-refractivity contribution in [2.75, 3.05) is 46.3 Å². The zero-order valence-electron chi connectivity index (χ0n) is 13.6. The average molecular weight is 269 g/mol. The first-order chi connectivity index (χ1) is 9.13. The number of likely N-dealkylation sites (tertiary alicyclic amines) is 1. The van der Waals surface area contributed by atoms with Gasteiger partial charge < -0.3 is 15.1 Å². The molecule has 0 aromatic heterocycles. The summed E-state index contributed by atoms with van der Waals surface area (Å²) in [5.41, 5.74) is 0. The van der Waals surface area contributed by atoms with Gasteiger partial charge >= 0.3 is 0 Å². The molecule has 1 saturated heterocycles. The lowest BCUT2D eigenvalue weighted by Gasteiger charge is -2.36. The Morgan fingerprint density at radius 3 is 2.47 bits per heavy atom. The lowest BCUT2D eigenvalue weighted by atomic mass is 10.0. The second kappa shape index (κ2) is 9.73. The SMILES string of the molecule is CCN1CCC(N(C)CCCCNCC(C)C)CC1. The van der Waals surface area contributed by atoms with Crippen molar-refractivity contribution in [1.29, 1.82) is 0 Å². The quantitative estimate of drug-likeness (QED) is 0.649. The van der Waals surface area contributed by atoms with Crippen LogP contribution in [0.4, 0.5) is 0 Å². The summed E-state index contributed by atoms with van der Waals surface area (Å²) in [5, 5.41) is 3.53. The molecule has 3 heteroatoms. The van der Waals surface area contributed by atoms with E-state index in [1.54, 1.807) is 0 Å². The normalized spacial score (nSPS) is 18.6. The van der Waals surface area contributed by atoms with Crippen molar-refractivity contribution in [1.82, 2.24) is 15.1 Å². The van der Waals surface area contributed by atoms with Gasteiger partial charge in [0.2, 0.25) is 0 Å². The number of unbranched alkanes of at least 4 members (excludes halogenated alkanes) is 1. The van der Waals surface area contributed by atoms with Gasteiger partial charge in [-0.3, -0.25) is 0 Å². The topological polar surface area (TPSA) is 18.5 Å². The molecule has 3 nitrogen and oxygen atoms in total. The summed E-state index contributed by atoms with van der Waals surface area (Å²) in [6.45, 7) is 14.2. The molecule has 1 N–H and O–H groups in total. The van der Waals surface area contributed by atoms with Gasteiger partial charge in [0.25, 0.3) is 0 Å². The molecule has 19 heavy (non-hydrogen) atoms. The molecule has 0 spiro atoms. The molecular weight excluding hydrogens is 234 g/mol. The summed E-state index contributed by atoms with van der Waals surface area (Å²) in [6, 6.07) is 0.825. The largest absolute Gasteiger partial charge is 0.316 e. The third-order valence-electron chi connectivity index (χ3n) is 4.29. The van der Waals surface area contributed by atoms with E-state index >= 15 is 0 Å². The van der Waals surface area contributed by atoms with Crippen LogP contribution in [-0.4, -0.2) is 62.2 Å². The highest BCUT2D eigenvalue weighted by molar-refractivity contribution is 4.77. The second-order valence-corrected chi connectivity index (χ2v) is 6.45. The van der Waals surface area contributed by atoms with Crippen molar-refractivity contribution < 1.29 is 0 Å². The zero-order chi connectivity index (χ0) is 14.1. The Morgan fingerprint density at radius 2 is 1.89 bits per heavy atom. The Morgan fingerprint density at radius 1 is 1.21 bits per heavy atom. The number of hydrogen-bond acceptors (Lipinski definition) is 3. The Kier molecular flexibility index (Phi) is 8.67. The van der Waals surface area contributed by atoms with E-state index in [-0.39, 0.29) is 0 Å². The Bertz CT molecular complexity index is 210. The number of rotatable bonds is 9. The molecule has 0 aromatic rings. The van der Waals surface area contributed by atoms with Crippen LogP contribution < -0.4 is 5.32 Å². The molecule has 1 heterocycles. The molecule has 1 aliphatic rings. The molecule has 1 rings (SSSR count). The Balaban J connectivity index is 2.00. The van der Waals surface area contributed by atoms with Crippen molar-refractivity contribution in [3.63, 3.8) is 0 Å². The van der Waals surface area contributed by atoms with Crippen LogP contribution in [0.5, 0.6) is 0 Å². The third kappa shape index (κ3) is 7.28. The van der Waals surface area contributed by atoms with Crippen molar-refractivity contribution in [3.05, 3.63) is 0 Å².